The van der Waals surface area contributed by atoms with E-state index in [-0.39, 0.29) is 0 Å². The van der Waals surface area contributed by atoms with Crippen LogP contribution in [0.5, 0.6) is 0 Å². The number of hydrogen-bond acceptors (Lipinski definition) is 1. The number of hydrogen-bond donors (Lipinski definition) is 0. The van der Waals surface area contributed by atoms with Crippen molar-refractivity contribution < 1.29 is 0 Å². The molecule has 0 aliphatic carbocycles. The summed E-state index contributed by atoms with van der Waals surface area (Å²) in [5.74, 6) is 0. The molecular formula is C27H26S. The van der Waals surface area contributed by atoms with Gasteiger partial charge in [0.05, 0.1) is 0 Å². The highest BCUT2D eigenvalue weighted by molar-refractivity contribution is 7.26. The third-order valence-corrected chi connectivity index (χ3v) is 7.17. The molecule has 1 aromatic heterocycles. The van der Waals surface area contributed by atoms with E-state index < -0.39 is 0 Å². The topological polar surface area (TPSA) is 0 Å². The zero-order chi connectivity index (χ0) is 19.1. The van der Waals surface area contributed by atoms with E-state index >= 15 is 0 Å². The minimum absolute atomic E-state index is 1.21. The van der Waals surface area contributed by atoms with Crippen molar-refractivity contribution >= 4 is 53.1 Å². The van der Waals surface area contributed by atoms with E-state index in [2.05, 4.69) is 74.5 Å². The maximum Gasteiger partial charge on any atom is 0.0361 e. The molecule has 0 nitrogen and oxygen atoms in total. The average Bonchev–Trinajstić information content (AvgIpc) is 3.04. The number of rotatable bonds is 5. The standard InChI is InChI=1S/C27H26S/c1-3-4-5-6-9-19-13-23-17-27-25(15-22(23)12-18(19)2)24-14-20-10-7-8-11-21(20)16-26(24)28-27/h7-8,10-17H,3-6,9H2,1-2H3. The van der Waals surface area contributed by atoms with Crippen LogP contribution < -0.4 is 0 Å². The van der Waals surface area contributed by atoms with Crippen LogP contribution in [0, 0.1) is 6.92 Å². The molecule has 0 unspecified atom stereocenters. The Kier molecular flexibility index (Phi) is 4.56. The Morgan fingerprint density at radius 3 is 2.07 bits per heavy atom. The zero-order valence-corrected chi connectivity index (χ0v) is 17.5. The summed E-state index contributed by atoms with van der Waals surface area (Å²) in [7, 11) is 0. The molecule has 0 bridgehead atoms. The lowest BCUT2D eigenvalue weighted by molar-refractivity contribution is 0.666. The molecule has 0 saturated heterocycles. The van der Waals surface area contributed by atoms with Crippen molar-refractivity contribution in [2.24, 2.45) is 0 Å². The van der Waals surface area contributed by atoms with Crippen molar-refractivity contribution in [3.8, 4) is 0 Å². The average molecular weight is 383 g/mol. The molecule has 1 heteroatoms. The van der Waals surface area contributed by atoms with Gasteiger partial charge in [-0.3, -0.25) is 0 Å². The summed E-state index contributed by atoms with van der Waals surface area (Å²) in [5.41, 5.74) is 2.96. The first-order valence-corrected chi connectivity index (χ1v) is 11.3. The Hall–Kier alpha value is -2.38. The lowest BCUT2D eigenvalue weighted by atomic mass is 9.96. The van der Waals surface area contributed by atoms with Crippen molar-refractivity contribution in [2.45, 2.75) is 46.0 Å². The SMILES string of the molecule is CCCCCCc1cc2cc3sc4cc5ccccc5cc4c3cc2cc1C. The minimum Gasteiger partial charge on any atom is -0.135 e. The van der Waals surface area contributed by atoms with Crippen LogP contribution in [0.3, 0.4) is 0 Å². The molecule has 1 heterocycles. The van der Waals surface area contributed by atoms with Gasteiger partial charge < -0.3 is 0 Å². The van der Waals surface area contributed by atoms with Crippen LogP contribution in [0.15, 0.2) is 60.7 Å². The van der Waals surface area contributed by atoms with Gasteiger partial charge in [-0.25, -0.2) is 0 Å². The van der Waals surface area contributed by atoms with E-state index in [0.717, 1.165) is 0 Å². The van der Waals surface area contributed by atoms with E-state index in [9.17, 15) is 0 Å². The molecule has 0 aliphatic heterocycles. The summed E-state index contributed by atoms with van der Waals surface area (Å²) in [5, 5.41) is 8.20. The lowest BCUT2D eigenvalue weighted by Crippen LogP contribution is -1.91. The number of thiophene rings is 1. The second-order valence-corrected chi connectivity index (χ2v) is 9.17. The van der Waals surface area contributed by atoms with Gasteiger partial charge in [0.25, 0.3) is 0 Å². The van der Waals surface area contributed by atoms with Crippen LogP contribution in [-0.4, -0.2) is 0 Å². The molecule has 0 amide bonds. The fraction of sp³-hybridized carbons (Fsp3) is 0.259. The normalized spacial score (nSPS) is 11.9. The molecule has 4 aromatic carbocycles. The Balaban J connectivity index is 1.64. The molecule has 0 atom stereocenters. The molecule has 28 heavy (non-hydrogen) atoms. The molecule has 0 aliphatic rings. The largest absolute Gasteiger partial charge is 0.135 e. The van der Waals surface area contributed by atoms with Crippen LogP contribution in [0.2, 0.25) is 0 Å². The molecule has 0 N–H and O–H groups in total. The first-order chi connectivity index (χ1) is 13.7. The van der Waals surface area contributed by atoms with Gasteiger partial charge >= 0.3 is 0 Å². The molecule has 0 spiro atoms. The first kappa shape index (κ1) is 17.7. The maximum atomic E-state index is 2.44. The Labute approximate surface area is 170 Å². The summed E-state index contributed by atoms with van der Waals surface area (Å²) >= 11 is 1.93. The number of fused-ring (bicyclic) bond motifs is 5. The predicted octanol–water partition coefficient (Wildman–Crippen LogP) is 8.79. The fourth-order valence-electron chi connectivity index (χ4n) is 4.43. The summed E-state index contributed by atoms with van der Waals surface area (Å²) in [4.78, 5) is 0. The fourth-order valence-corrected chi connectivity index (χ4v) is 5.60. The van der Waals surface area contributed by atoms with Gasteiger partial charge in [0.15, 0.2) is 0 Å². The highest BCUT2D eigenvalue weighted by Crippen LogP contribution is 2.39. The highest BCUT2D eigenvalue weighted by Gasteiger charge is 2.10. The van der Waals surface area contributed by atoms with Crippen molar-refractivity contribution in [1.29, 1.82) is 0 Å². The third-order valence-electron chi connectivity index (χ3n) is 6.05. The van der Waals surface area contributed by atoms with Gasteiger partial charge in [0.2, 0.25) is 0 Å². The van der Waals surface area contributed by atoms with Gasteiger partial charge in [-0.15, -0.1) is 11.3 Å². The lowest BCUT2D eigenvalue weighted by Gasteiger charge is -2.09. The van der Waals surface area contributed by atoms with Crippen LogP contribution >= 0.6 is 11.3 Å². The number of benzene rings is 4. The molecule has 0 radical (unpaired) electrons. The summed E-state index contributed by atoms with van der Waals surface area (Å²) in [6.45, 7) is 4.55. The Morgan fingerprint density at radius 1 is 0.679 bits per heavy atom. The van der Waals surface area contributed by atoms with Crippen LogP contribution in [-0.2, 0) is 6.42 Å². The third kappa shape index (κ3) is 3.08. The van der Waals surface area contributed by atoms with Crippen LogP contribution in [0.25, 0.3) is 41.7 Å². The first-order valence-electron chi connectivity index (χ1n) is 10.5. The monoisotopic (exact) mass is 382 g/mol. The van der Waals surface area contributed by atoms with Gasteiger partial charge in [-0.1, -0.05) is 62.6 Å². The Morgan fingerprint density at radius 2 is 1.32 bits per heavy atom. The second-order valence-electron chi connectivity index (χ2n) is 8.08. The van der Waals surface area contributed by atoms with E-state index in [4.69, 9.17) is 0 Å². The summed E-state index contributed by atoms with van der Waals surface area (Å²) in [6.07, 6.45) is 6.51. The van der Waals surface area contributed by atoms with Gasteiger partial charge in [0, 0.05) is 20.2 Å². The molecular weight excluding hydrogens is 356 g/mol. The zero-order valence-electron chi connectivity index (χ0n) is 16.7. The van der Waals surface area contributed by atoms with Crippen molar-refractivity contribution in [1.82, 2.24) is 0 Å². The number of aryl methyl sites for hydroxylation is 2. The van der Waals surface area contributed by atoms with Gasteiger partial charge in [0.1, 0.15) is 0 Å². The van der Waals surface area contributed by atoms with Gasteiger partial charge in [-0.2, -0.15) is 0 Å². The van der Waals surface area contributed by atoms with E-state index in [1.165, 1.54) is 84.9 Å². The minimum atomic E-state index is 1.21. The second kappa shape index (κ2) is 7.22. The van der Waals surface area contributed by atoms with Gasteiger partial charge in [-0.05, 0) is 76.7 Å². The van der Waals surface area contributed by atoms with Crippen molar-refractivity contribution in [3.05, 3.63) is 71.8 Å². The van der Waals surface area contributed by atoms with E-state index in [0.29, 0.717) is 0 Å². The summed E-state index contributed by atoms with van der Waals surface area (Å²) in [6, 6.07) is 23.1. The summed E-state index contributed by atoms with van der Waals surface area (Å²) < 4.78 is 2.79. The van der Waals surface area contributed by atoms with E-state index in [1.54, 1.807) is 0 Å². The smallest absolute Gasteiger partial charge is 0.0361 e. The molecule has 140 valence electrons. The van der Waals surface area contributed by atoms with Crippen molar-refractivity contribution in [3.63, 3.8) is 0 Å². The van der Waals surface area contributed by atoms with Crippen molar-refractivity contribution in [2.75, 3.05) is 0 Å². The van der Waals surface area contributed by atoms with E-state index in [1.807, 2.05) is 11.3 Å². The highest BCUT2D eigenvalue weighted by atomic mass is 32.1. The Bertz CT molecular complexity index is 1310. The predicted molar refractivity (Wildman–Crippen MR) is 127 cm³/mol. The number of unbranched alkanes of at least 4 members (excludes halogenated alkanes) is 3. The van der Waals surface area contributed by atoms with Crippen LogP contribution in [0.4, 0.5) is 0 Å². The molecule has 0 saturated carbocycles. The van der Waals surface area contributed by atoms with Crippen LogP contribution in [0.1, 0.15) is 43.7 Å². The maximum absolute atomic E-state index is 2.44. The molecule has 0 fully saturated rings. The quantitative estimate of drug-likeness (QED) is 0.266. The molecule has 5 rings (SSSR count). The molecule has 5 aromatic rings.